The van der Waals surface area contributed by atoms with Gasteiger partial charge in [-0.2, -0.15) is 18.2 Å². The molecule has 1 saturated heterocycles. The van der Waals surface area contributed by atoms with E-state index >= 15 is 0 Å². The van der Waals surface area contributed by atoms with Crippen LogP contribution in [-0.2, 0) is 26.2 Å². The molecule has 1 aliphatic heterocycles. The summed E-state index contributed by atoms with van der Waals surface area (Å²) in [4.78, 5) is 9.42. The molecule has 1 fully saturated rings. The fourth-order valence-corrected chi connectivity index (χ4v) is 5.29. The molecule has 10 nitrogen and oxygen atoms in total. The van der Waals surface area contributed by atoms with Crippen molar-refractivity contribution in [2.45, 2.75) is 30.0 Å². The second kappa shape index (κ2) is 9.87. The number of alkyl halides is 3. The summed E-state index contributed by atoms with van der Waals surface area (Å²) in [6.45, 7) is 0.363. The maximum absolute atomic E-state index is 13.7. The summed E-state index contributed by atoms with van der Waals surface area (Å²) in [5.41, 5.74) is -0.604. The molecule has 3 rings (SSSR count). The number of hydrogen-bond acceptors (Lipinski definition) is 8. The first-order chi connectivity index (χ1) is 16.1. The van der Waals surface area contributed by atoms with Crippen LogP contribution in [-0.4, -0.2) is 81.9 Å². The van der Waals surface area contributed by atoms with Gasteiger partial charge in [0.15, 0.2) is 0 Å². The molecule has 1 aromatic carbocycles. The topological polar surface area (TPSA) is 116 Å². The molecular formula is C20H27F3N6O4S2. The van der Waals surface area contributed by atoms with Gasteiger partial charge in [0, 0.05) is 52.2 Å². The smallest absolute Gasteiger partial charge is 0.356 e. The Kier molecular flexibility index (Phi) is 7.64. The highest BCUT2D eigenvalue weighted by Crippen LogP contribution is 2.37. The maximum atomic E-state index is 13.7. The Morgan fingerprint density at radius 1 is 1.03 bits per heavy atom. The minimum Gasteiger partial charge on any atom is -0.356 e. The van der Waals surface area contributed by atoms with Crippen LogP contribution >= 0.6 is 0 Å². The summed E-state index contributed by atoms with van der Waals surface area (Å²) in [6.07, 6.45) is -2.21. The largest absolute Gasteiger partial charge is 0.421 e. The van der Waals surface area contributed by atoms with Crippen molar-refractivity contribution in [1.29, 1.82) is 0 Å². The fourth-order valence-electron chi connectivity index (χ4n) is 3.64. The lowest BCUT2D eigenvalue weighted by Gasteiger charge is -2.37. The number of nitrogens with zero attached hydrogens (tertiary/aromatic N) is 5. The molecule has 0 saturated carbocycles. The summed E-state index contributed by atoms with van der Waals surface area (Å²) >= 11 is 0. The van der Waals surface area contributed by atoms with E-state index in [1.807, 2.05) is 0 Å². The van der Waals surface area contributed by atoms with Gasteiger partial charge >= 0.3 is 6.18 Å². The lowest BCUT2D eigenvalue weighted by atomic mass is 10.0. The lowest BCUT2D eigenvalue weighted by Crippen LogP contribution is -2.46. The Labute approximate surface area is 202 Å². The average Bonchev–Trinajstić information content (AvgIpc) is 2.77. The number of aromatic nitrogens is 2. The van der Waals surface area contributed by atoms with Crippen LogP contribution in [0.5, 0.6) is 0 Å². The zero-order valence-electron chi connectivity index (χ0n) is 19.6. The molecule has 2 heterocycles. The number of nitrogens with one attached hydrogen (secondary N) is 1. The third-order valence-corrected chi connectivity index (χ3v) is 8.94. The first-order valence-electron chi connectivity index (χ1n) is 10.5. The first kappa shape index (κ1) is 27.1. The molecule has 0 atom stereocenters. The zero-order chi connectivity index (χ0) is 26.2. The molecule has 0 radical (unpaired) electrons. The number of sulfonamides is 2. The van der Waals surface area contributed by atoms with E-state index in [0.29, 0.717) is 24.7 Å². The van der Waals surface area contributed by atoms with E-state index in [1.54, 1.807) is 0 Å². The molecule has 1 aliphatic rings. The van der Waals surface area contributed by atoms with Crippen molar-refractivity contribution in [2.24, 2.45) is 0 Å². The highest BCUT2D eigenvalue weighted by molar-refractivity contribution is 7.89. The second-order valence-electron chi connectivity index (χ2n) is 8.36. The van der Waals surface area contributed by atoms with E-state index in [9.17, 15) is 30.0 Å². The summed E-state index contributed by atoms with van der Waals surface area (Å²) < 4.78 is 91.3. The number of anilines is 3. The number of hydrogen-bond donors (Lipinski definition) is 1. The van der Waals surface area contributed by atoms with Crippen LogP contribution in [0.25, 0.3) is 0 Å². The van der Waals surface area contributed by atoms with E-state index in [-0.39, 0.29) is 35.8 Å². The average molecular weight is 537 g/mol. The van der Waals surface area contributed by atoms with Gasteiger partial charge in [0.05, 0.1) is 11.2 Å². The number of piperidine rings is 1. The Balaban J connectivity index is 1.84. The highest BCUT2D eigenvalue weighted by atomic mass is 32.2. The molecular weight excluding hydrogens is 509 g/mol. The standard InChI is InChI=1S/C20H27F3N6O4S2/c1-27(2)35(32,33)16-7-5-14(6-8-16)25-19-24-13-17(20(21,22)23)18(26-19)29-11-9-15(10-12-29)28(3)34(4,30)31/h5-8,13,15H,9-12H2,1-4H3,(H,24,25,26). The van der Waals surface area contributed by atoms with Crippen LogP contribution in [0.15, 0.2) is 35.4 Å². The van der Waals surface area contributed by atoms with Crippen molar-refractivity contribution >= 4 is 37.5 Å². The quantitative estimate of drug-likeness (QED) is 0.574. The molecule has 15 heteroatoms. The van der Waals surface area contributed by atoms with E-state index in [0.717, 1.165) is 10.6 Å². The summed E-state index contributed by atoms with van der Waals surface area (Å²) in [5.74, 6) is -0.395. The van der Waals surface area contributed by atoms with Crippen molar-refractivity contribution in [3.05, 3.63) is 36.0 Å². The first-order valence-corrected chi connectivity index (χ1v) is 13.8. The zero-order valence-corrected chi connectivity index (χ0v) is 21.2. The van der Waals surface area contributed by atoms with Gasteiger partial charge in [-0.25, -0.2) is 30.4 Å². The van der Waals surface area contributed by atoms with Crippen molar-refractivity contribution < 1.29 is 30.0 Å². The number of benzene rings is 1. The molecule has 0 bridgehead atoms. The Morgan fingerprint density at radius 2 is 1.60 bits per heavy atom. The molecule has 35 heavy (non-hydrogen) atoms. The second-order valence-corrected chi connectivity index (χ2v) is 12.6. The van der Waals surface area contributed by atoms with Crippen LogP contribution in [0.1, 0.15) is 18.4 Å². The van der Waals surface area contributed by atoms with Crippen molar-refractivity contribution in [3.63, 3.8) is 0 Å². The molecule has 1 aromatic heterocycles. The van der Waals surface area contributed by atoms with Gasteiger partial charge in [0.2, 0.25) is 26.0 Å². The molecule has 194 valence electrons. The normalized spacial score (nSPS) is 16.2. The van der Waals surface area contributed by atoms with Crippen LogP contribution in [0.2, 0.25) is 0 Å². The van der Waals surface area contributed by atoms with Gasteiger partial charge < -0.3 is 10.2 Å². The minimum atomic E-state index is -4.68. The van der Waals surface area contributed by atoms with E-state index < -0.39 is 31.8 Å². The molecule has 2 aromatic rings. The summed E-state index contributed by atoms with van der Waals surface area (Å²) in [5, 5.41) is 2.80. The molecule has 1 N–H and O–H groups in total. The van der Waals surface area contributed by atoms with Gasteiger partial charge in [-0.15, -0.1) is 0 Å². The summed E-state index contributed by atoms with van der Waals surface area (Å²) in [7, 11) is -2.78. The van der Waals surface area contributed by atoms with Gasteiger partial charge in [0.1, 0.15) is 11.4 Å². The van der Waals surface area contributed by atoms with E-state index in [2.05, 4.69) is 15.3 Å². The summed E-state index contributed by atoms with van der Waals surface area (Å²) in [6, 6.07) is 5.34. The SMILES string of the molecule is CN(C1CCN(c2nc(Nc3ccc(S(=O)(=O)N(C)C)cc3)ncc2C(F)(F)F)CC1)S(C)(=O)=O. The number of rotatable bonds is 7. The van der Waals surface area contributed by atoms with Crippen molar-refractivity contribution in [3.8, 4) is 0 Å². The Hall–Kier alpha value is -2.49. The van der Waals surface area contributed by atoms with Crippen LogP contribution in [0, 0.1) is 0 Å². The van der Waals surface area contributed by atoms with Crippen molar-refractivity contribution in [2.75, 3.05) is 50.7 Å². The Morgan fingerprint density at radius 3 is 2.09 bits per heavy atom. The Bertz CT molecular complexity index is 1260. The number of halogens is 3. The van der Waals surface area contributed by atoms with Gasteiger partial charge in [-0.05, 0) is 37.1 Å². The molecule has 0 unspecified atom stereocenters. The fraction of sp³-hybridized carbons (Fsp3) is 0.500. The maximum Gasteiger partial charge on any atom is 0.421 e. The molecule has 0 amide bonds. The lowest BCUT2D eigenvalue weighted by molar-refractivity contribution is -0.137. The van der Waals surface area contributed by atoms with Crippen LogP contribution < -0.4 is 10.2 Å². The van der Waals surface area contributed by atoms with Gasteiger partial charge in [-0.1, -0.05) is 0 Å². The third-order valence-electron chi connectivity index (χ3n) is 5.76. The predicted molar refractivity (Wildman–Crippen MR) is 125 cm³/mol. The van der Waals surface area contributed by atoms with Crippen molar-refractivity contribution in [1.82, 2.24) is 18.6 Å². The van der Waals surface area contributed by atoms with Gasteiger partial charge in [0.25, 0.3) is 0 Å². The van der Waals surface area contributed by atoms with Crippen LogP contribution in [0.4, 0.5) is 30.6 Å². The molecule has 0 spiro atoms. The monoisotopic (exact) mass is 536 g/mol. The van der Waals surface area contributed by atoms with E-state index in [1.165, 1.54) is 54.6 Å². The minimum absolute atomic E-state index is 0.0593. The van der Waals surface area contributed by atoms with E-state index in [4.69, 9.17) is 0 Å². The predicted octanol–water partition coefficient (Wildman–Crippen LogP) is 2.35. The van der Waals surface area contributed by atoms with Crippen LogP contribution in [0.3, 0.4) is 0 Å². The highest BCUT2D eigenvalue weighted by Gasteiger charge is 2.38. The van der Waals surface area contributed by atoms with Gasteiger partial charge in [-0.3, -0.25) is 0 Å². The molecule has 0 aliphatic carbocycles. The third kappa shape index (κ3) is 6.20.